The fraction of sp³-hybridized carbons (Fsp3) is 0.467. The molecule has 2 rings (SSSR count). The molecule has 1 saturated heterocycles. The van der Waals surface area contributed by atoms with Crippen molar-refractivity contribution in [3.05, 3.63) is 29.6 Å². The minimum Gasteiger partial charge on any atom is -0.481 e. The first-order valence-corrected chi connectivity index (χ1v) is 6.88. The highest BCUT2D eigenvalue weighted by Gasteiger charge is 2.35. The third kappa shape index (κ3) is 3.78. The van der Waals surface area contributed by atoms with E-state index in [2.05, 4.69) is 5.32 Å². The van der Waals surface area contributed by atoms with Crippen molar-refractivity contribution in [3.63, 3.8) is 0 Å². The maximum atomic E-state index is 13.4. The van der Waals surface area contributed by atoms with Crippen molar-refractivity contribution in [2.75, 3.05) is 25.0 Å². The second kappa shape index (κ2) is 6.22. The van der Waals surface area contributed by atoms with Gasteiger partial charge in [-0.25, -0.2) is 4.39 Å². The number of aliphatic carboxylic acids is 1. The van der Waals surface area contributed by atoms with Crippen molar-refractivity contribution < 1.29 is 19.1 Å². The van der Waals surface area contributed by atoms with Gasteiger partial charge < -0.3 is 10.4 Å². The van der Waals surface area contributed by atoms with E-state index in [0.29, 0.717) is 24.3 Å². The lowest BCUT2D eigenvalue weighted by Crippen LogP contribution is -2.53. The fourth-order valence-corrected chi connectivity index (χ4v) is 2.33. The number of benzene rings is 1. The number of carboxylic acids is 1. The molecule has 1 aliphatic rings. The zero-order valence-corrected chi connectivity index (χ0v) is 12.1. The second-order valence-electron chi connectivity index (χ2n) is 5.59. The Morgan fingerprint density at radius 1 is 1.48 bits per heavy atom. The molecule has 6 heteroatoms. The number of rotatable bonds is 5. The first kappa shape index (κ1) is 15.4. The highest BCUT2D eigenvalue weighted by molar-refractivity contribution is 5.92. The smallest absolute Gasteiger partial charge is 0.306 e. The normalized spacial score (nSPS) is 17.1. The van der Waals surface area contributed by atoms with Crippen molar-refractivity contribution in [1.82, 2.24) is 4.90 Å². The highest BCUT2D eigenvalue weighted by atomic mass is 19.1. The number of hydrogen-bond donors (Lipinski definition) is 2. The molecule has 1 aromatic carbocycles. The van der Waals surface area contributed by atoms with Gasteiger partial charge in [0.05, 0.1) is 12.5 Å². The van der Waals surface area contributed by atoms with Gasteiger partial charge in [-0.3, -0.25) is 14.5 Å². The van der Waals surface area contributed by atoms with Gasteiger partial charge in [0.15, 0.2) is 0 Å². The molecule has 0 radical (unpaired) electrons. The molecule has 2 N–H and O–H groups in total. The van der Waals surface area contributed by atoms with Crippen LogP contribution in [0, 0.1) is 24.6 Å². The summed E-state index contributed by atoms with van der Waals surface area (Å²) in [5, 5.41) is 11.5. The molecule has 5 nitrogen and oxygen atoms in total. The van der Waals surface area contributed by atoms with E-state index in [1.165, 1.54) is 6.07 Å². The molecule has 0 spiro atoms. The van der Waals surface area contributed by atoms with Gasteiger partial charge in [-0.05, 0) is 30.5 Å². The molecule has 114 valence electrons. The highest BCUT2D eigenvalue weighted by Crippen LogP contribution is 2.23. The number of likely N-dealkylation sites (tertiary alicyclic amines) is 1. The first-order valence-electron chi connectivity index (χ1n) is 6.88. The first-order chi connectivity index (χ1) is 9.86. The summed E-state index contributed by atoms with van der Waals surface area (Å²) in [6.07, 6.45) is 0. The van der Waals surface area contributed by atoms with Crippen LogP contribution in [-0.4, -0.2) is 41.5 Å². The number of aryl methyl sites for hydroxylation is 1. The average molecular weight is 294 g/mol. The summed E-state index contributed by atoms with van der Waals surface area (Å²) in [5.41, 5.74) is 0.959. The lowest BCUT2D eigenvalue weighted by molar-refractivity contribution is -0.145. The average Bonchev–Trinajstić information content (AvgIpc) is 2.37. The molecule has 0 aromatic heterocycles. The molecule has 21 heavy (non-hydrogen) atoms. The lowest BCUT2D eigenvalue weighted by Gasteiger charge is -2.40. The summed E-state index contributed by atoms with van der Waals surface area (Å²) in [5.74, 6) is -1.69. The van der Waals surface area contributed by atoms with E-state index in [9.17, 15) is 14.0 Å². The molecule has 1 heterocycles. The van der Waals surface area contributed by atoms with Crippen LogP contribution in [0.15, 0.2) is 18.2 Å². The summed E-state index contributed by atoms with van der Waals surface area (Å²) in [4.78, 5) is 24.5. The van der Waals surface area contributed by atoms with Crippen LogP contribution in [0.4, 0.5) is 10.1 Å². The minimum atomic E-state index is -0.806. The molecule has 1 fully saturated rings. The Labute approximate surface area is 122 Å². The summed E-state index contributed by atoms with van der Waals surface area (Å²) < 4.78 is 13.4. The van der Waals surface area contributed by atoms with Gasteiger partial charge in [0.1, 0.15) is 5.82 Å². The topological polar surface area (TPSA) is 69.6 Å². The number of nitrogens with one attached hydrogen (secondary N) is 1. The summed E-state index contributed by atoms with van der Waals surface area (Å²) in [6, 6.07) is 4.56. The molecule has 1 unspecified atom stereocenters. The monoisotopic (exact) mass is 294 g/mol. The van der Waals surface area contributed by atoms with Gasteiger partial charge in [-0.15, -0.1) is 0 Å². The van der Waals surface area contributed by atoms with Crippen molar-refractivity contribution in [2.45, 2.75) is 13.8 Å². The Morgan fingerprint density at radius 2 is 2.14 bits per heavy atom. The third-order valence-corrected chi connectivity index (χ3v) is 3.90. The van der Waals surface area contributed by atoms with Crippen molar-refractivity contribution >= 4 is 17.6 Å². The van der Waals surface area contributed by atoms with Crippen LogP contribution >= 0.6 is 0 Å². The zero-order chi connectivity index (χ0) is 15.6. The standard InChI is InChI=1S/C15H19FN2O3/c1-9-3-4-12(5-13(9)16)17-14(19)8-18-6-11(7-18)10(2)15(20)21/h3-5,10-11H,6-8H2,1-2H3,(H,17,19)(H,20,21). The van der Waals surface area contributed by atoms with Crippen LogP contribution in [0.3, 0.4) is 0 Å². The maximum Gasteiger partial charge on any atom is 0.306 e. The number of carbonyl (C=O) groups excluding carboxylic acids is 1. The Hall–Kier alpha value is -1.95. The van der Waals surface area contributed by atoms with Gasteiger partial charge in [0.2, 0.25) is 5.91 Å². The predicted octanol–water partition coefficient (Wildman–Crippen LogP) is 1.73. The van der Waals surface area contributed by atoms with Gasteiger partial charge in [0, 0.05) is 18.8 Å². The molecule has 0 bridgehead atoms. The van der Waals surface area contributed by atoms with Crippen molar-refractivity contribution in [1.29, 1.82) is 0 Å². The Balaban J connectivity index is 1.79. The van der Waals surface area contributed by atoms with E-state index in [1.807, 2.05) is 4.90 Å². The number of hydrogen-bond acceptors (Lipinski definition) is 3. The summed E-state index contributed by atoms with van der Waals surface area (Å²) in [7, 11) is 0. The number of carboxylic acid groups (broad SMARTS) is 1. The summed E-state index contributed by atoms with van der Waals surface area (Å²) in [6.45, 7) is 4.73. The molecule has 1 aromatic rings. The van der Waals surface area contributed by atoms with E-state index in [0.717, 1.165) is 0 Å². The zero-order valence-electron chi connectivity index (χ0n) is 12.1. The van der Waals surface area contributed by atoms with Crippen LogP contribution in [0.1, 0.15) is 12.5 Å². The quantitative estimate of drug-likeness (QED) is 0.867. The molecule has 1 atom stereocenters. The Bertz CT molecular complexity index is 556. The minimum absolute atomic E-state index is 0.0899. The summed E-state index contributed by atoms with van der Waals surface area (Å²) >= 11 is 0. The number of halogens is 1. The molecule has 1 amide bonds. The van der Waals surface area contributed by atoms with Crippen molar-refractivity contribution in [2.24, 2.45) is 11.8 Å². The van der Waals surface area contributed by atoms with Gasteiger partial charge in [-0.1, -0.05) is 13.0 Å². The van der Waals surface area contributed by atoms with Crippen LogP contribution in [-0.2, 0) is 9.59 Å². The predicted molar refractivity (Wildman–Crippen MR) is 76.5 cm³/mol. The van der Waals surface area contributed by atoms with E-state index >= 15 is 0 Å². The SMILES string of the molecule is Cc1ccc(NC(=O)CN2CC(C(C)C(=O)O)C2)cc1F. The fourth-order valence-electron chi connectivity index (χ4n) is 2.33. The van der Waals surface area contributed by atoms with Crippen LogP contribution in [0.25, 0.3) is 0 Å². The van der Waals surface area contributed by atoms with E-state index in [1.54, 1.807) is 26.0 Å². The maximum absolute atomic E-state index is 13.4. The number of anilines is 1. The van der Waals surface area contributed by atoms with Crippen molar-refractivity contribution in [3.8, 4) is 0 Å². The second-order valence-corrected chi connectivity index (χ2v) is 5.59. The number of carbonyl (C=O) groups is 2. The van der Waals surface area contributed by atoms with E-state index in [4.69, 9.17) is 5.11 Å². The van der Waals surface area contributed by atoms with Gasteiger partial charge >= 0.3 is 5.97 Å². The Morgan fingerprint density at radius 3 is 2.71 bits per heavy atom. The molecule has 0 saturated carbocycles. The lowest BCUT2D eigenvalue weighted by atomic mass is 9.87. The number of amides is 1. The van der Waals surface area contributed by atoms with Gasteiger partial charge in [-0.2, -0.15) is 0 Å². The van der Waals surface area contributed by atoms with Gasteiger partial charge in [0.25, 0.3) is 0 Å². The van der Waals surface area contributed by atoms with Crippen LogP contribution in [0.2, 0.25) is 0 Å². The molecular formula is C15H19FN2O3. The third-order valence-electron chi connectivity index (χ3n) is 3.90. The molecule has 1 aliphatic heterocycles. The molecule has 0 aliphatic carbocycles. The number of nitrogens with zero attached hydrogens (tertiary/aromatic N) is 1. The Kier molecular flexibility index (Phi) is 4.57. The molecular weight excluding hydrogens is 275 g/mol. The van der Waals surface area contributed by atoms with Crippen LogP contribution < -0.4 is 5.32 Å². The van der Waals surface area contributed by atoms with E-state index in [-0.39, 0.29) is 24.2 Å². The van der Waals surface area contributed by atoms with E-state index < -0.39 is 11.9 Å². The van der Waals surface area contributed by atoms with Crippen LogP contribution in [0.5, 0.6) is 0 Å². The largest absolute Gasteiger partial charge is 0.481 e.